The third kappa shape index (κ3) is 5.29. The SMILES string of the molecule is CCCN(CCC)C(=O)CNc1ccc(Cl)cc1Cl. The lowest BCUT2D eigenvalue weighted by atomic mass is 10.3. The summed E-state index contributed by atoms with van der Waals surface area (Å²) in [5, 5.41) is 4.16. The Balaban J connectivity index is 2.56. The Bertz CT molecular complexity index is 418. The van der Waals surface area contributed by atoms with Crippen LogP contribution in [-0.2, 0) is 4.79 Å². The molecule has 0 unspecified atom stereocenters. The molecule has 0 aromatic heterocycles. The first-order valence-corrected chi connectivity index (χ1v) is 7.30. The number of carbonyl (C=O) groups is 1. The van der Waals surface area contributed by atoms with Crippen LogP contribution in [0.1, 0.15) is 26.7 Å². The Hall–Kier alpha value is -0.930. The first kappa shape index (κ1) is 16.1. The van der Waals surface area contributed by atoms with Crippen molar-refractivity contribution < 1.29 is 4.79 Å². The minimum atomic E-state index is 0.0923. The van der Waals surface area contributed by atoms with Crippen molar-refractivity contribution in [2.24, 2.45) is 0 Å². The molecule has 0 aliphatic heterocycles. The fraction of sp³-hybridized carbons (Fsp3) is 0.500. The molecule has 0 aliphatic carbocycles. The van der Waals surface area contributed by atoms with E-state index in [-0.39, 0.29) is 12.5 Å². The second kappa shape index (κ2) is 8.28. The number of carbonyl (C=O) groups excluding carboxylic acids is 1. The molecule has 0 aliphatic rings. The lowest BCUT2D eigenvalue weighted by Gasteiger charge is -2.22. The minimum absolute atomic E-state index is 0.0923. The van der Waals surface area contributed by atoms with E-state index < -0.39 is 0 Å². The average Bonchev–Trinajstić information content (AvgIpc) is 2.37. The zero-order valence-electron chi connectivity index (χ0n) is 11.4. The summed E-state index contributed by atoms with van der Waals surface area (Å²) in [6, 6.07) is 5.18. The van der Waals surface area contributed by atoms with Gasteiger partial charge in [0.25, 0.3) is 0 Å². The van der Waals surface area contributed by atoms with Crippen LogP contribution < -0.4 is 5.32 Å². The van der Waals surface area contributed by atoms with E-state index in [1.807, 2.05) is 4.90 Å². The summed E-state index contributed by atoms with van der Waals surface area (Å²) in [6.45, 7) is 5.98. The highest BCUT2D eigenvalue weighted by atomic mass is 35.5. The largest absolute Gasteiger partial charge is 0.375 e. The molecule has 0 saturated heterocycles. The van der Waals surface area contributed by atoms with Gasteiger partial charge in [0.2, 0.25) is 5.91 Å². The Kier molecular flexibility index (Phi) is 7.03. The molecule has 0 fully saturated rings. The third-order valence-corrected chi connectivity index (χ3v) is 3.25. The van der Waals surface area contributed by atoms with Gasteiger partial charge in [0.05, 0.1) is 17.3 Å². The summed E-state index contributed by atoms with van der Waals surface area (Å²) in [4.78, 5) is 13.9. The van der Waals surface area contributed by atoms with E-state index in [1.54, 1.807) is 18.2 Å². The van der Waals surface area contributed by atoms with Gasteiger partial charge in [-0.3, -0.25) is 4.79 Å². The van der Waals surface area contributed by atoms with Gasteiger partial charge in [0.1, 0.15) is 0 Å². The van der Waals surface area contributed by atoms with E-state index in [0.717, 1.165) is 31.6 Å². The molecule has 5 heteroatoms. The minimum Gasteiger partial charge on any atom is -0.375 e. The topological polar surface area (TPSA) is 32.3 Å². The number of anilines is 1. The summed E-state index contributed by atoms with van der Waals surface area (Å²) in [5.74, 6) is 0.0923. The number of hydrogen-bond donors (Lipinski definition) is 1. The molecule has 106 valence electrons. The van der Waals surface area contributed by atoms with Crippen molar-refractivity contribution >= 4 is 34.8 Å². The van der Waals surface area contributed by atoms with Crippen molar-refractivity contribution in [1.29, 1.82) is 0 Å². The van der Waals surface area contributed by atoms with E-state index in [4.69, 9.17) is 23.2 Å². The van der Waals surface area contributed by atoms with Gasteiger partial charge in [-0.05, 0) is 31.0 Å². The van der Waals surface area contributed by atoms with Crippen LogP contribution in [0.15, 0.2) is 18.2 Å². The summed E-state index contributed by atoms with van der Waals surface area (Å²) < 4.78 is 0. The molecule has 1 rings (SSSR count). The van der Waals surface area contributed by atoms with Gasteiger partial charge in [0, 0.05) is 18.1 Å². The van der Waals surface area contributed by atoms with Gasteiger partial charge in [-0.1, -0.05) is 37.0 Å². The first-order chi connectivity index (χ1) is 9.08. The standard InChI is InChI=1S/C14H20Cl2N2O/c1-3-7-18(8-4-2)14(19)10-17-13-6-5-11(15)9-12(13)16/h5-6,9,17H,3-4,7-8,10H2,1-2H3. The van der Waals surface area contributed by atoms with Crippen molar-refractivity contribution in [2.75, 3.05) is 25.0 Å². The number of amides is 1. The Morgan fingerprint density at radius 1 is 1.21 bits per heavy atom. The highest BCUT2D eigenvalue weighted by Crippen LogP contribution is 2.25. The average molecular weight is 303 g/mol. The molecule has 0 spiro atoms. The van der Waals surface area contributed by atoms with E-state index in [0.29, 0.717) is 10.0 Å². The molecule has 3 nitrogen and oxygen atoms in total. The smallest absolute Gasteiger partial charge is 0.241 e. The summed E-state index contributed by atoms with van der Waals surface area (Å²) in [6.07, 6.45) is 1.93. The monoisotopic (exact) mass is 302 g/mol. The fourth-order valence-electron chi connectivity index (χ4n) is 1.82. The van der Waals surface area contributed by atoms with Crippen molar-refractivity contribution in [1.82, 2.24) is 4.90 Å². The maximum atomic E-state index is 12.1. The van der Waals surface area contributed by atoms with Crippen molar-refractivity contribution in [3.63, 3.8) is 0 Å². The van der Waals surface area contributed by atoms with Crippen molar-refractivity contribution in [3.8, 4) is 0 Å². The molecular formula is C14H20Cl2N2O. The highest BCUT2D eigenvalue weighted by Gasteiger charge is 2.11. The normalized spacial score (nSPS) is 10.3. The van der Waals surface area contributed by atoms with E-state index in [2.05, 4.69) is 19.2 Å². The quantitative estimate of drug-likeness (QED) is 0.824. The predicted molar refractivity (Wildman–Crippen MR) is 82.1 cm³/mol. The van der Waals surface area contributed by atoms with E-state index in [9.17, 15) is 4.79 Å². The molecule has 1 aromatic carbocycles. The van der Waals surface area contributed by atoms with E-state index in [1.165, 1.54) is 0 Å². The molecule has 1 amide bonds. The van der Waals surface area contributed by atoms with Crippen LogP contribution in [0.4, 0.5) is 5.69 Å². The second-order valence-electron chi connectivity index (χ2n) is 4.36. The number of nitrogens with one attached hydrogen (secondary N) is 1. The Labute approximate surface area is 124 Å². The maximum absolute atomic E-state index is 12.1. The molecular weight excluding hydrogens is 283 g/mol. The van der Waals surface area contributed by atoms with Crippen LogP contribution in [0.5, 0.6) is 0 Å². The molecule has 0 radical (unpaired) electrons. The van der Waals surface area contributed by atoms with Crippen LogP contribution >= 0.6 is 23.2 Å². The van der Waals surface area contributed by atoms with Gasteiger partial charge in [-0.15, -0.1) is 0 Å². The molecule has 19 heavy (non-hydrogen) atoms. The Morgan fingerprint density at radius 3 is 2.37 bits per heavy atom. The van der Waals surface area contributed by atoms with Crippen molar-refractivity contribution in [3.05, 3.63) is 28.2 Å². The molecule has 1 aromatic rings. The molecule has 0 bridgehead atoms. The van der Waals surface area contributed by atoms with Crippen LogP contribution in [0.2, 0.25) is 10.0 Å². The van der Waals surface area contributed by atoms with Crippen LogP contribution in [0.3, 0.4) is 0 Å². The van der Waals surface area contributed by atoms with Crippen LogP contribution in [-0.4, -0.2) is 30.4 Å². The molecule has 0 heterocycles. The van der Waals surface area contributed by atoms with Gasteiger partial charge >= 0.3 is 0 Å². The summed E-state index contributed by atoms with van der Waals surface area (Å²) in [7, 11) is 0. The van der Waals surface area contributed by atoms with Gasteiger partial charge in [-0.2, -0.15) is 0 Å². The Morgan fingerprint density at radius 2 is 1.84 bits per heavy atom. The molecule has 1 N–H and O–H groups in total. The summed E-state index contributed by atoms with van der Waals surface area (Å²) in [5.41, 5.74) is 0.729. The second-order valence-corrected chi connectivity index (χ2v) is 5.20. The van der Waals surface area contributed by atoms with Gasteiger partial charge in [-0.25, -0.2) is 0 Å². The van der Waals surface area contributed by atoms with Gasteiger partial charge < -0.3 is 10.2 Å². The van der Waals surface area contributed by atoms with Crippen LogP contribution in [0, 0.1) is 0 Å². The fourth-order valence-corrected chi connectivity index (χ4v) is 2.29. The number of benzene rings is 1. The molecule has 0 saturated carbocycles. The number of rotatable bonds is 7. The predicted octanol–water partition coefficient (Wildman–Crippen LogP) is 4.05. The molecule has 0 atom stereocenters. The van der Waals surface area contributed by atoms with Crippen molar-refractivity contribution in [2.45, 2.75) is 26.7 Å². The third-order valence-electron chi connectivity index (χ3n) is 2.70. The highest BCUT2D eigenvalue weighted by molar-refractivity contribution is 6.36. The lowest BCUT2D eigenvalue weighted by Crippen LogP contribution is -2.36. The van der Waals surface area contributed by atoms with Gasteiger partial charge in [0.15, 0.2) is 0 Å². The maximum Gasteiger partial charge on any atom is 0.241 e. The first-order valence-electron chi connectivity index (χ1n) is 6.55. The number of hydrogen-bond acceptors (Lipinski definition) is 2. The number of halogens is 2. The van der Waals surface area contributed by atoms with Crippen LogP contribution in [0.25, 0.3) is 0 Å². The zero-order chi connectivity index (χ0) is 14.3. The van der Waals surface area contributed by atoms with E-state index >= 15 is 0 Å². The lowest BCUT2D eigenvalue weighted by molar-refractivity contribution is -0.129. The number of nitrogens with zero attached hydrogens (tertiary/aromatic N) is 1. The zero-order valence-corrected chi connectivity index (χ0v) is 12.9. The summed E-state index contributed by atoms with van der Waals surface area (Å²) >= 11 is 11.9.